The van der Waals surface area contributed by atoms with E-state index in [-0.39, 0.29) is 36.9 Å². The number of ether oxygens (including phenoxy) is 2. The fraction of sp³-hybridized carbons (Fsp3) is 0.333. The summed E-state index contributed by atoms with van der Waals surface area (Å²) in [5, 5.41) is 2.88. The van der Waals surface area contributed by atoms with E-state index in [1.807, 2.05) is 0 Å². The summed E-state index contributed by atoms with van der Waals surface area (Å²) in [5.41, 5.74) is 1.76. The molecular formula is C21H21FN2O4. The van der Waals surface area contributed by atoms with E-state index in [9.17, 15) is 14.0 Å². The first kappa shape index (κ1) is 18.4. The first-order valence-corrected chi connectivity index (χ1v) is 9.31. The van der Waals surface area contributed by atoms with Crippen LogP contribution in [0.4, 0.5) is 10.1 Å². The normalized spacial score (nSPS) is 18.5. The Kier molecular flexibility index (Phi) is 5.25. The molecule has 0 bridgehead atoms. The minimum atomic E-state index is -0.331. The predicted octanol–water partition coefficient (Wildman–Crippen LogP) is 2.66. The maximum absolute atomic E-state index is 13.2. The number of amides is 2. The van der Waals surface area contributed by atoms with Crippen molar-refractivity contribution in [3.63, 3.8) is 0 Å². The van der Waals surface area contributed by atoms with E-state index in [4.69, 9.17) is 9.47 Å². The van der Waals surface area contributed by atoms with Crippen LogP contribution in [0.5, 0.6) is 5.75 Å². The maximum atomic E-state index is 13.2. The van der Waals surface area contributed by atoms with Gasteiger partial charge in [0.25, 0.3) is 11.8 Å². The summed E-state index contributed by atoms with van der Waals surface area (Å²) in [4.78, 5) is 26.5. The molecule has 1 N–H and O–H groups in total. The molecule has 1 saturated heterocycles. The van der Waals surface area contributed by atoms with Gasteiger partial charge in [-0.05, 0) is 48.7 Å². The van der Waals surface area contributed by atoms with E-state index in [0.717, 1.165) is 25.0 Å². The summed E-state index contributed by atoms with van der Waals surface area (Å²) >= 11 is 0. The topological polar surface area (TPSA) is 67.9 Å². The second kappa shape index (κ2) is 7.98. The summed E-state index contributed by atoms with van der Waals surface area (Å²) in [7, 11) is 0. The highest BCUT2D eigenvalue weighted by molar-refractivity contribution is 6.01. The van der Waals surface area contributed by atoms with Crippen LogP contribution in [0.3, 0.4) is 0 Å². The number of rotatable bonds is 5. The van der Waals surface area contributed by atoms with E-state index >= 15 is 0 Å². The number of nitrogens with zero attached hydrogens (tertiary/aromatic N) is 1. The molecule has 0 saturated carbocycles. The van der Waals surface area contributed by atoms with Crippen LogP contribution in [-0.2, 0) is 16.1 Å². The molecule has 0 radical (unpaired) electrons. The molecule has 2 amide bonds. The molecule has 1 atom stereocenters. The van der Waals surface area contributed by atoms with E-state index in [1.54, 1.807) is 35.2 Å². The van der Waals surface area contributed by atoms with Gasteiger partial charge in [-0.25, -0.2) is 4.39 Å². The van der Waals surface area contributed by atoms with Crippen molar-refractivity contribution in [2.75, 3.05) is 24.7 Å². The average Bonchev–Trinajstić information content (AvgIpc) is 3.23. The fourth-order valence-corrected chi connectivity index (χ4v) is 3.40. The molecule has 2 aromatic carbocycles. The van der Waals surface area contributed by atoms with Gasteiger partial charge in [0.15, 0.2) is 6.61 Å². The molecule has 2 aliphatic rings. The van der Waals surface area contributed by atoms with Crippen molar-refractivity contribution in [2.45, 2.75) is 25.5 Å². The number of carbonyl (C=O) groups excluding carboxylic acids is 2. The van der Waals surface area contributed by atoms with Gasteiger partial charge in [-0.3, -0.25) is 9.59 Å². The number of hydrogen-bond acceptors (Lipinski definition) is 4. The summed E-state index contributed by atoms with van der Waals surface area (Å²) in [6.07, 6.45) is 2.01. The number of benzene rings is 2. The quantitative estimate of drug-likeness (QED) is 0.861. The van der Waals surface area contributed by atoms with Crippen LogP contribution < -0.4 is 15.0 Å². The van der Waals surface area contributed by atoms with Crippen LogP contribution in [0.15, 0.2) is 42.5 Å². The van der Waals surface area contributed by atoms with Crippen LogP contribution in [0, 0.1) is 5.82 Å². The van der Waals surface area contributed by atoms with E-state index < -0.39 is 0 Å². The Hall–Kier alpha value is -2.93. The van der Waals surface area contributed by atoms with Gasteiger partial charge in [0.1, 0.15) is 11.6 Å². The summed E-state index contributed by atoms with van der Waals surface area (Å²) in [5.74, 6) is -0.230. The SMILES string of the molecule is O=C(NCC1CCCO1)c1ccc2c(c1)N(Cc1ccc(F)cc1)C(=O)CO2. The lowest BCUT2D eigenvalue weighted by atomic mass is 10.1. The Morgan fingerprint density at radius 2 is 2.04 bits per heavy atom. The minimum Gasteiger partial charge on any atom is -0.482 e. The number of hydrogen-bond donors (Lipinski definition) is 1. The monoisotopic (exact) mass is 384 g/mol. The zero-order valence-electron chi connectivity index (χ0n) is 15.3. The van der Waals surface area contributed by atoms with Crippen molar-refractivity contribution in [1.29, 1.82) is 0 Å². The molecule has 2 aliphatic heterocycles. The lowest BCUT2D eigenvalue weighted by molar-refractivity contribution is -0.121. The Bertz CT molecular complexity index is 878. The van der Waals surface area contributed by atoms with Gasteiger partial charge in [-0.1, -0.05) is 12.1 Å². The van der Waals surface area contributed by atoms with Gasteiger partial charge in [0.05, 0.1) is 18.3 Å². The standard InChI is InChI=1S/C21H21FN2O4/c22-16-6-3-14(4-7-16)12-24-18-10-15(5-8-19(18)28-13-20(24)25)21(26)23-11-17-2-1-9-27-17/h3-8,10,17H,1-2,9,11-13H2,(H,23,26). The first-order chi connectivity index (χ1) is 13.6. The number of fused-ring (bicyclic) bond motifs is 1. The van der Waals surface area contributed by atoms with Crippen LogP contribution in [0.25, 0.3) is 0 Å². The highest BCUT2D eigenvalue weighted by Crippen LogP contribution is 2.34. The molecular weight excluding hydrogens is 363 g/mol. The zero-order chi connectivity index (χ0) is 19.5. The fourth-order valence-electron chi connectivity index (χ4n) is 3.40. The van der Waals surface area contributed by atoms with Gasteiger partial charge in [-0.2, -0.15) is 0 Å². The maximum Gasteiger partial charge on any atom is 0.265 e. The number of carbonyl (C=O) groups is 2. The van der Waals surface area contributed by atoms with Crippen molar-refractivity contribution in [3.05, 3.63) is 59.4 Å². The largest absolute Gasteiger partial charge is 0.482 e. The highest BCUT2D eigenvalue weighted by atomic mass is 19.1. The second-order valence-corrected chi connectivity index (χ2v) is 6.92. The number of anilines is 1. The Labute approximate surface area is 162 Å². The van der Waals surface area contributed by atoms with Crippen LogP contribution >= 0.6 is 0 Å². The second-order valence-electron chi connectivity index (χ2n) is 6.92. The van der Waals surface area contributed by atoms with Gasteiger partial charge in [-0.15, -0.1) is 0 Å². The van der Waals surface area contributed by atoms with Gasteiger partial charge in [0.2, 0.25) is 0 Å². The molecule has 0 aromatic heterocycles. The Morgan fingerprint density at radius 1 is 1.21 bits per heavy atom. The zero-order valence-corrected chi connectivity index (χ0v) is 15.3. The molecule has 4 rings (SSSR count). The smallest absolute Gasteiger partial charge is 0.265 e. The lowest BCUT2D eigenvalue weighted by Crippen LogP contribution is -2.38. The van der Waals surface area contributed by atoms with Crippen molar-refractivity contribution < 1.29 is 23.5 Å². The van der Waals surface area contributed by atoms with E-state index in [1.165, 1.54) is 12.1 Å². The molecule has 0 aliphatic carbocycles. The van der Waals surface area contributed by atoms with Gasteiger partial charge < -0.3 is 19.7 Å². The number of nitrogens with one attached hydrogen (secondary N) is 1. The van der Waals surface area contributed by atoms with Crippen LogP contribution in [0.2, 0.25) is 0 Å². The van der Waals surface area contributed by atoms with Crippen molar-refractivity contribution in [1.82, 2.24) is 5.32 Å². The van der Waals surface area contributed by atoms with Crippen LogP contribution in [-0.4, -0.2) is 37.7 Å². The molecule has 1 fully saturated rings. The molecule has 6 nitrogen and oxygen atoms in total. The third-order valence-corrected chi connectivity index (χ3v) is 4.93. The molecule has 0 spiro atoms. The molecule has 28 heavy (non-hydrogen) atoms. The molecule has 1 unspecified atom stereocenters. The summed E-state index contributed by atoms with van der Waals surface area (Å²) < 4.78 is 24.2. The van der Waals surface area contributed by atoms with E-state index in [0.29, 0.717) is 23.5 Å². The summed E-state index contributed by atoms with van der Waals surface area (Å²) in [6.45, 7) is 1.40. The molecule has 2 heterocycles. The highest BCUT2D eigenvalue weighted by Gasteiger charge is 2.27. The lowest BCUT2D eigenvalue weighted by Gasteiger charge is -2.30. The first-order valence-electron chi connectivity index (χ1n) is 9.31. The van der Waals surface area contributed by atoms with Gasteiger partial charge in [0, 0.05) is 18.7 Å². The van der Waals surface area contributed by atoms with Gasteiger partial charge >= 0.3 is 0 Å². The third-order valence-electron chi connectivity index (χ3n) is 4.93. The van der Waals surface area contributed by atoms with Crippen molar-refractivity contribution in [2.24, 2.45) is 0 Å². The van der Waals surface area contributed by atoms with E-state index in [2.05, 4.69) is 5.32 Å². The Balaban J connectivity index is 1.53. The minimum absolute atomic E-state index is 0.0569. The average molecular weight is 384 g/mol. The van der Waals surface area contributed by atoms with Crippen molar-refractivity contribution in [3.8, 4) is 5.75 Å². The molecule has 7 heteroatoms. The Morgan fingerprint density at radius 3 is 2.79 bits per heavy atom. The van der Waals surface area contributed by atoms with Crippen molar-refractivity contribution >= 4 is 17.5 Å². The predicted molar refractivity (Wildman–Crippen MR) is 101 cm³/mol. The van der Waals surface area contributed by atoms with Crippen LogP contribution in [0.1, 0.15) is 28.8 Å². The molecule has 2 aromatic rings. The number of halogens is 1. The summed E-state index contributed by atoms with van der Waals surface area (Å²) in [6, 6.07) is 11.0. The molecule has 146 valence electrons. The third kappa shape index (κ3) is 3.99.